The van der Waals surface area contributed by atoms with Crippen molar-refractivity contribution in [3.8, 4) is 0 Å². The molecule has 4 aromatic carbocycles. The lowest BCUT2D eigenvalue weighted by atomic mass is 10.1. The maximum absolute atomic E-state index is 14.5. The van der Waals surface area contributed by atoms with Crippen molar-refractivity contribution in [1.29, 1.82) is 0 Å². The van der Waals surface area contributed by atoms with Gasteiger partial charge in [0.2, 0.25) is 0 Å². The van der Waals surface area contributed by atoms with Crippen LogP contribution >= 0.6 is 11.8 Å². The van der Waals surface area contributed by atoms with Crippen LogP contribution in [0.4, 0.5) is 10.1 Å². The van der Waals surface area contributed by atoms with Gasteiger partial charge in [-0.1, -0.05) is 72.4 Å². The molecular formula is C29H23FN2O2S. The van der Waals surface area contributed by atoms with Crippen molar-refractivity contribution >= 4 is 29.3 Å². The highest BCUT2D eigenvalue weighted by Crippen LogP contribution is 2.42. The van der Waals surface area contributed by atoms with Crippen molar-refractivity contribution in [3.05, 3.63) is 125 Å². The van der Waals surface area contributed by atoms with Gasteiger partial charge in [0.1, 0.15) is 5.82 Å². The molecule has 0 saturated heterocycles. The molecule has 35 heavy (non-hydrogen) atoms. The van der Waals surface area contributed by atoms with Gasteiger partial charge >= 0.3 is 0 Å². The van der Waals surface area contributed by atoms with Crippen LogP contribution in [0.1, 0.15) is 44.8 Å². The van der Waals surface area contributed by atoms with Crippen LogP contribution in [0.2, 0.25) is 0 Å². The molecule has 2 amide bonds. The molecule has 5 rings (SSSR count). The molecular weight excluding hydrogens is 459 g/mol. The lowest BCUT2D eigenvalue weighted by Crippen LogP contribution is -2.31. The number of hydrogen-bond donors (Lipinski definition) is 1. The predicted molar refractivity (Wildman–Crippen MR) is 136 cm³/mol. The van der Waals surface area contributed by atoms with Crippen LogP contribution in [0.15, 0.2) is 107 Å². The summed E-state index contributed by atoms with van der Waals surface area (Å²) >= 11 is 1.47. The monoisotopic (exact) mass is 482 g/mol. The molecule has 0 spiro atoms. The first-order valence-corrected chi connectivity index (χ1v) is 12.1. The molecule has 0 aliphatic carbocycles. The Morgan fingerprint density at radius 3 is 2.43 bits per heavy atom. The molecule has 0 fully saturated rings. The number of benzene rings is 4. The number of carbonyl (C=O) groups is 2. The van der Waals surface area contributed by atoms with Gasteiger partial charge in [-0.3, -0.25) is 9.59 Å². The Balaban J connectivity index is 1.53. The highest BCUT2D eigenvalue weighted by atomic mass is 32.2. The molecule has 0 radical (unpaired) electrons. The first-order chi connectivity index (χ1) is 17.0. The summed E-state index contributed by atoms with van der Waals surface area (Å²) in [6, 6.07) is 28.7. The highest BCUT2D eigenvalue weighted by molar-refractivity contribution is 7.99. The summed E-state index contributed by atoms with van der Waals surface area (Å²) in [6.07, 6.45) is 0. The topological polar surface area (TPSA) is 49.4 Å². The normalized spacial score (nSPS) is 13.4. The second-order valence-corrected chi connectivity index (χ2v) is 9.45. The number of hydrogen-bond acceptors (Lipinski definition) is 3. The number of halogens is 1. The van der Waals surface area contributed by atoms with E-state index < -0.39 is 0 Å². The van der Waals surface area contributed by atoms with Crippen LogP contribution in [-0.2, 0) is 6.54 Å². The van der Waals surface area contributed by atoms with Crippen LogP contribution in [0.3, 0.4) is 0 Å². The standard InChI is InChI=1S/C29H23FN2O2S/c1-19(20-9-3-2-4-10-20)31-28(33)21-15-16-27-25(17-21)32(18-22-11-5-7-13-24(22)30)29(34)23-12-6-8-14-26(23)35-27/h2-17,19H,18H2,1H3,(H,31,33)/t19-/m1/s1. The van der Waals surface area contributed by atoms with Gasteiger partial charge in [0.05, 0.1) is 23.8 Å². The molecule has 0 saturated carbocycles. The third-order valence-electron chi connectivity index (χ3n) is 6.03. The number of amides is 2. The maximum Gasteiger partial charge on any atom is 0.259 e. The summed E-state index contributed by atoms with van der Waals surface area (Å²) in [6.45, 7) is 1.98. The molecule has 1 aliphatic heterocycles. The van der Waals surface area contributed by atoms with E-state index in [4.69, 9.17) is 0 Å². The van der Waals surface area contributed by atoms with Crippen molar-refractivity contribution in [2.24, 2.45) is 0 Å². The van der Waals surface area contributed by atoms with Gasteiger partial charge in [-0.15, -0.1) is 0 Å². The van der Waals surface area contributed by atoms with E-state index in [1.54, 1.807) is 41.3 Å². The minimum Gasteiger partial charge on any atom is -0.346 e. The lowest BCUT2D eigenvalue weighted by molar-refractivity contribution is 0.0937. The van der Waals surface area contributed by atoms with E-state index in [2.05, 4.69) is 5.32 Å². The average molecular weight is 483 g/mol. The van der Waals surface area contributed by atoms with Crippen LogP contribution in [0.5, 0.6) is 0 Å². The Labute approximate surface area is 207 Å². The Hall–Kier alpha value is -3.90. The molecule has 1 aliphatic rings. The molecule has 1 N–H and O–H groups in total. The van der Waals surface area contributed by atoms with Crippen molar-refractivity contribution in [3.63, 3.8) is 0 Å². The van der Waals surface area contributed by atoms with Gasteiger partial charge in [-0.05, 0) is 48.9 Å². The van der Waals surface area contributed by atoms with Crippen molar-refractivity contribution in [2.75, 3.05) is 4.90 Å². The van der Waals surface area contributed by atoms with Gasteiger partial charge in [0.25, 0.3) is 11.8 Å². The van der Waals surface area contributed by atoms with E-state index in [0.717, 1.165) is 15.4 Å². The van der Waals surface area contributed by atoms with Crippen LogP contribution in [0, 0.1) is 5.82 Å². The van der Waals surface area contributed by atoms with E-state index in [0.29, 0.717) is 22.4 Å². The van der Waals surface area contributed by atoms with Crippen molar-refractivity contribution < 1.29 is 14.0 Å². The second-order valence-electron chi connectivity index (χ2n) is 8.37. The molecule has 6 heteroatoms. The molecule has 1 heterocycles. The summed E-state index contributed by atoms with van der Waals surface area (Å²) in [5.74, 6) is -0.850. The summed E-state index contributed by atoms with van der Waals surface area (Å²) in [5, 5.41) is 3.03. The minimum atomic E-state index is -0.377. The Morgan fingerprint density at radius 2 is 1.63 bits per heavy atom. The molecule has 0 aromatic heterocycles. The number of rotatable bonds is 5. The number of nitrogens with one attached hydrogen (secondary N) is 1. The van der Waals surface area contributed by atoms with Gasteiger partial charge in [-0.2, -0.15) is 0 Å². The third-order valence-corrected chi connectivity index (χ3v) is 7.17. The largest absolute Gasteiger partial charge is 0.346 e. The smallest absolute Gasteiger partial charge is 0.259 e. The average Bonchev–Trinajstić information content (AvgIpc) is 3.00. The number of carbonyl (C=O) groups excluding carboxylic acids is 2. The van der Waals surface area contributed by atoms with E-state index in [1.165, 1.54) is 17.8 Å². The zero-order valence-electron chi connectivity index (χ0n) is 19.1. The maximum atomic E-state index is 14.5. The van der Waals surface area contributed by atoms with Crippen LogP contribution < -0.4 is 10.2 Å². The molecule has 0 unspecified atom stereocenters. The number of anilines is 1. The highest BCUT2D eigenvalue weighted by Gasteiger charge is 2.29. The van der Waals surface area contributed by atoms with E-state index in [9.17, 15) is 14.0 Å². The van der Waals surface area contributed by atoms with Crippen molar-refractivity contribution in [1.82, 2.24) is 5.32 Å². The van der Waals surface area contributed by atoms with Crippen molar-refractivity contribution in [2.45, 2.75) is 29.3 Å². The SMILES string of the molecule is C[C@@H](NC(=O)c1ccc2c(c1)N(Cc1ccccc1F)C(=O)c1ccccc1S2)c1ccccc1. The summed E-state index contributed by atoms with van der Waals surface area (Å²) in [4.78, 5) is 30.0. The van der Waals surface area contributed by atoms with Gasteiger partial charge in [0.15, 0.2) is 0 Å². The first kappa shape index (κ1) is 22.9. The van der Waals surface area contributed by atoms with Crippen LogP contribution in [-0.4, -0.2) is 11.8 Å². The third kappa shape index (κ3) is 4.70. The second kappa shape index (κ2) is 9.76. The zero-order chi connectivity index (χ0) is 24.4. The predicted octanol–water partition coefficient (Wildman–Crippen LogP) is 6.63. The van der Waals surface area contributed by atoms with Gasteiger partial charge < -0.3 is 10.2 Å². The first-order valence-electron chi connectivity index (χ1n) is 11.3. The zero-order valence-corrected chi connectivity index (χ0v) is 19.9. The van der Waals surface area contributed by atoms with Gasteiger partial charge in [-0.25, -0.2) is 4.39 Å². The molecule has 1 atom stereocenters. The Bertz CT molecular complexity index is 1410. The molecule has 4 nitrogen and oxygen atoms in total. The fraction of sp³-hybridized carbons (Fsp3) is 0.103. The number of fused-ring (bicyclic) bond motifs is 2. The fourth-order valence-corrected chi connectivity index (χ4v) is 5.18. The quantitative estimate of drug-likeness (QED) is 0.347. The van der Waals surface area contributed by atoms with E-state index in [-0.39, 0.29) is 30.2 Å². The Morgan fingerprint density at radius 1 is 0.914 bits per heavy atom. The van der Waals surface area contributed by atoms with E-state index >= 15 is 0 Å². The molecule has 0 bridgehead atoms. The summed E-state index contributed by atoms with van der Waals surface area (Å²) in [7, 11) is 0. The van der Waals surface area contributed by atoms with Gasteiger partial charge in [0, 0.05) is 20.9 Å². The number of nitrogens with zero attached hydrogens (tertiary/aromatic N) is 1. The Kier molecular flexibility index (Phi) is 6.38. The summed E-state index contributed by atoms with van der Waals surface area (Å²) < 4.78 is 14.5. The molecule has 174 valence electrons. The fourth-order valence-electron chi connectivity index (χ4n) is 4.12. The van der Waals surface area contributed by atoms with Crippen LogP contribution in [0.25, 0.3) is 0 Å². The molecule has 4 aromatic rings. The van der Waals surface area contributed by atoms with E-state index in [1.807, 2.05) is 61.5 Å². The lowest BCUT2D eigenvalue weighted by Gasteiger charge is -2.24. The minimum absolute atomic E-state index is 0.0545. The summed E-state index contributed by atoms with van der Waals surface area (Å²) in [5.41, 5.74) is 2.97.